The summed E-state index contributed by atoms with van der Waals surface area (Å²) in [6.07, 6.45) is 3.85. The molecule has 5 nitrogen and oxygen atoms in total. The molecule has 1 aromatic carbocycles. The molecule has 0 aliphatic heterocycles. The SMILES string of the molecule is COCCNCc1cn(Cc2ccno2)c2ccccc12. The van der Waals surface area contributed by atoms with Gasteiger partial charge in [-0.1, -0.05) is 23.4 Å². The summed E-state index contributed by atoms with van der Waals surface area (Å²) >= 11 is 0. The fourth-order valence-electron chi connectivity index (χ4n) is 2.48. The van der Waals surface area contributed by atoms with E-state index in [1.807, 2.05) is 6.07 Å². The third kappa shape index (κ3) is 3.15. The minimum Gasteiger partial charge on any atom is -0.383 e. The van der Waals surface area contributed by atoms with E-state index in [0.29, 0.717) is 6.54 Å². The Kier molecular flexibility index (Phi) is 4.33. The largest absolute Gasteiger partial charge is 0.383 e. The van der Waals surface area contributed by atoms with Gasteiger partial charge in [-0.25, -0.2) is 0 Å². The van der Waals surface area contributed by atoms with E-state index in [1.54, 1.807) is 13.3 Å². The molecule has 3 aromatic rings. The van der Waals surface area contributed by atoms with Crippen molar-refractivity contribution < 1.29 is 9.26 Å². The first-order valence-corrected chi connectivity index (χ1v) is 7.04. The van der Waals surface area contributed by atoms with Crippen LogP contribution in [0, 0.1) is 0 Å². The number of ether oxygens (including phenoxy) is 1. The van der Waals surface area contributed by atoms with Crippen LogP contribution in [0.5, 0.6) is 0 Å². The molecule has 2 aromatic heterocycles. The summed E-state index contributed by atoms with van der Waals surface area (Å²) < 4.78 is 12.5. The van der Waals surface area contributed by atoms with Gasteiger partial charge in [0, 0.05) is 43.4 Å². The number of hydrogen-bond acceptors (Lipinski definition) is 4. The third-order valence-electron chi connectivity index (χ3n) is 3.49. The number of methoxy groups -OCH3 is 1. The second-order valence-corrected chi connectivity index (χ2v) is 4.95. The Morgan fingerprint density at radius 2 is 2.19 bits per heavy atom. The summed E-state index contributed by atoms with van der Waals surface area (Å²) in [6, 6.07) is 10.3. The zero-order valence-corrected chi connectivity index (χ0v) is 12.1. The highest BCUT2D eigenvalue weighted by Gasteiger charge is 2.09. The number of nitrogens with one attached hydrogen (secondary N) is 1. The molecule has 0 spiro atoms. The summed E-state index contributed by atoms with van der Waals surface area (Å²) in [5, 5.41) is 8.42. The Bertz CT molecular complexity index is 689. The Balaban J connectivity index is 1.83. The van der Waals surface area contributed by atoms with E-state index in [2.05, 4.69) is 45.5 Å². The summed E-state index contributed by atoms with van der Waals surface area (Å²) in [5.41, 5.74) is 2.48. The minimum absolute atomic E-state index is 0.693. The smallest absolute Gasteiger partial charge is 0.156 e. The van der Waals surface area contributed by atoms with E-state index < -0.39 is 0 Å². The maximum atomic E-state index is 5.21. The Morgan fingerprint density at radius 3 is 3.00 bits per heavy atom. The van der Waals surface area contributed by atoms with Crippen molar-refractivity contribution in [3.05, 3.63) is 54.0 Å². The maximum Gasteiger partial charge on any atom is 0.156 e. The van der Waals surface area contributed by atoms with E-state index in [4.69, 9.17) is 9.26 Å². The van der Waals surface area contributed by atoms with Gasteiger partial charge in [-0.05, 0) is 11.6 Å². The van der Waals surface area contributed by atoms with Crippen LogP contribution in [0.2, 0.25) is 0 Å². The zero-order chi connectivity index (χ0) is 14.5. The van der Waals surface area contributed by atoms with Crippen molar-refractivity contribution in [2.45, 2.75) is 13.1 Å². The van der Waals surface area contributed by atoms with Gasteiger partial charge in [0.25, 0.3) is 0 Å². The fraction of sp³-hybridized carbons (Fsp3) is 0.312. The molecule has 0 fully saturated rings. The number of rotatable bonds is 7. The molecule has 0 saturated carbocycles. The Labute approximate surface area is 123 Å². The van der Waals surface area contributed by atoms with Crippen molar-refractivity contribution in [2.24, 2.45) is 0 Å². The molecule has 0 bridgehead atoms. The quantitative estimate of drug-likeness (QED) is 0.677. The number of fused-ring (bicyclic) bond motifs is 1. The maximum absolute atomic E-state index is 5.21. The molecule has 21 heavy (non-hydrogen) atoms. The van der Waals surface area contributed by atoms with Crippen LogP contribution in [-0.2, 0) is 17.8 Å². The molecule has 2 heterocycles. The summed E-state index contributed by atoms with van der Waals surface area (Å²) in [6.45, 7) is 3.08. The van der Waals surface area contributed by atoms with Gasteiger partial charge in [0.15, 0.2) is 5.76 Å². The number of benzene rings is 1. The molecule has 0 aliphatic carbocycles. The molecular weight excluding hydrogens is 266 g/mol. The zero-order valence-electron chi connectivity index (χ0n) is 12.1. The van der Waals surface area contributed by atoms with Crippen LogP contribution in [0.3, 0.4) is 0 Å². The van der Waals surface area contributed by atoms with Gasteiger partial charge in [0.2, 0.25) is 0 Å². The molecule has 0 atom stereocenters. The summed E-state index contributed by atoms with van der Waals surface area (Å²) in [7, 11) is 1.71. The summed E-state index contributed by atoms with van der Waals surface area (Å²) in [4.78, 5) is 0. The first-order valence-electron chi connectivity index (χ1n) is 7.04. The van der Waals surface area contributed by atoms with Gasteiger partial charge >= 0.3 is 0 Å². The van der Waals surface area contributed by atoms with Crippen LogP contribution in [-0.4, -0.2) is 30.0 Å². The van der Waals surface area contributed by atoms with Crippen molar-refractivity contribution in [3.8, 4) is 0 Å². The van der Waals surface area contributed by atoms with Crippen molar-refractivity contribution >= 4 is 10.9 Å². The highest BCUT2D eigenvalue weighted by molar-refractivity contribution is 5.84. The van der Waals surface area contributed by atoms with Crippen LogP contribution < -0.4 is 5.32 Å². The van der Waals surface area contributed by atoms with Crippen molar-refractivity contribution in [2.75, 3.05) is 20.3 Å². The standard InChI is InChI=1S/C16H19N3O2/c1-20-9-8-17-10-13-11-19(12-14-6-7-18-21-14)16-5-3-2-4-15(13)16/h2-7,11,17H,8-10,12H2,1H3. The van der Waals surface area contributed by atoms with Gasteiger partial charge in [-0.15, -0.1) is 0 Å². The molecule has 0 unspecified atom stereocenters. The molecule has 1 N–H and O–H groups in total. The van der Waals surface area contributed by atoms with Gasteiger partial charge in [-0.3, -0.25) is 0 Å². The molecule has 5 heteroatoms. The van der Waals surface area contributed by atoms with Crippen molar-refractivity contribution in [3.63, 3.8) is 0 Å². The van der Waals surface area contributed by atoms with Crippen LogP contribution in [0.15, 0.2) is 47.2 Å². The van der Waals surface area contributed by atoms with Crippen LogP contribution >= 0.6 is 0 Å². The van der Waals surface area contributed by atoms with Crippen LogP contribution in [0.25, 0.3) is 10.9 Å². The van der Waals surface area contributed by atoms with Crippen molar-refractivity contribution in [1.29, 1.82) is 0 Å². The van der Waals surface area contributed by atoms with Gasteiger partial charge < -0.3 is 19.1 Å². The van der Waals surface area contributed by atoms with E-state index in [-0.39, 0.29) is 0 Å². The number of aromatic nitrogens is 2. The average molecular weight is 285 g/mol. The van der Waals surface area contributed by atoms with Crippen LogP contribution in [0.1, 0.15) is 11.3 Å². The van der Waals surface area contributed by atoms with Gasteiger partial charge in [0.05, 0.1) is 19.3 Å². The molecule has 0 saturated heterocycles. The number of nitrogens with zero attached hydrogens (tertiary/aromatic N) is 2. The molecule has 0 aliphatic rings. The monoisotopic (exact) mass is 285 g/mol. The van der Waals surface area contributed by atoms with Gasteiger partial charge in [0.1, 0.15) is 0 Å². The lowest BCUT2D eigenvalue weighted by Crippen LogP contribution is -2.18. The fourth-order valence-corrected chi connectivity index (χ4v) is 2.48. The van der Waals surface area contributed by atoms with E-state index >= 15 is 0 Å². The Morgan fingerprint density at radius 1 is 1.29 bits per heavy atom. The predicted molar refractivity (Wildman–Crippen MR) is 81.1 cm³/mol. The van der Waals surface area contributed by atoms with E-state index in [0.717, 1.165) is 25.5 Å². The lowest BCUT2D eigenvalue weighted by molar-refractivity contribution is 0.199. The lowest BCUT2D eigenvalue weighted by Gasteiger charge is -2.02. The second-order valence-electron chi connectivity index (χ2n) is 4.95. The predicted octanol–water partition coefficient (Wildman–Crippen LogP) is 2.41. The van der Waals surface area contributed by atoms with E-state index in [1.165, 1.54) is 16.5 Å². The highest BCUT2D eigenvalue weighted by atomic mass is 16.5. The average Bonchev–Trinajstić information content (AvgIpc) is 3.13. The van der Waals surface area contributed by atoms with Crippen molar-refractivity contribution in [1.82, 2.24) is 15.0 Å². The van der Waals surface area contributed by atoms with Gasteiger partial charge in [-0.2, -0.15) is 0 Å². The topological polar surface area (TPSA) is 52.2 Å². The molecule has 110 valence electrons. The Hall–Kier alpha value is -2.11. The molecule has 0 radical (unpaired) electrons. The summed E-state index contributed by atoms with van der Waals surface area (Å²) in [5.74, 6) is 0.856. The first kappa shape index (κ1) is 13.9. The first-order chi connectivity index (χ1) is 10.4. The number of hydrogen-bond donors (Lipinski definition) is 1. The van der Waals surface area contributed by atoms with Crippen LogP contribution in [0.4, 0.5) is 0 Å². The lowest BCUT2D eigenvalue weighted by atomic mass is 10.2. The second kappa shape index (κ2) is 6.56. The highest BCUT2D eigenvalue weighted by Crippen LogP contribution is 2.22. The molecule has 0 amide bonds. The number of para-hydroxylation sites is 1. The third-order valence-corrected chi connectivity index (χ3v) is 3.49. The molecule has 3 rings (SSSR count). The minimum atomic E-state index is 0.693. The van der Waals surface area contributed by atoms with E-state index in [9.17, 15) is 0 Å². The molecular formula is C16H19N3O2. The normalized spacial score (nSPS) is 11.3.